The fourth-order valence-electron chi connectivity index (χ4n) is 1.71. The lowest BCUT2D eigenvalue weighted by Gasteiger charge is -2.12. The molecule has 19 heavy (non-hydrogen) atoms. The molecule has 6 heteroatoms. The van der Waals surface area contributed by atoms with Gasteiger partial charge < -0.3 is 9.47 Å². The van der Waals surface area contributed by atoms with Crippen molar-refractivity contribution in [2.24, 2.45) is 5.10 Å². The number of amides is 1. The predicted octanol–water partition coefficient (Wildman–Crippen LogP) is 1.82. The molecular weight excluding hydrogens is 248 g/mol. The third-order valence-electron chi connectivity index (χ3n) is 2.56. The van der Waals surface area contributed by atoms with Gasteiger partial charge in [-0.3, -0.25) is 9.59 Å². The van der Waals surface area contributed by atoms with Gasteiger partial charge in [-0.15, -0.1) is 5.10 Å². The molecular formula is C13H20N2O4. The van der Waals surface area contributed by atoms with Gasteiger partial charge in [0, 0.05) is 20.4 Å². The van der Waals surface area contributed by atoms with Crippen molar-refractivity contribution in [2.45, 2.75) is 40.0 Å². The summed E-state index contributed by atoms with van der Waals surface area (Å²) < 4.78 is 10.5. The number of carbonyl (C=O) groups is 2. The maximum Gasteiger partial charge on any atom is 0.309 e. The third-order valence-corrected chi connectivity index (χ3v) is 2.56. The summed E-state index contributed by atoms with van der Waals surface area (Å²) >= 11 is 0. The lowest BCUT2D eigenvalue weighted by atomic mass is 10.1. The first-order chi connectivity index (χ1) is 9.01. The number of hydrogen-bond donors (Lipinski definition) is 0. The van der Waals surface area contributed by atoms with Crippen molar-refractivity contribution in [2.75, 3.05) is 13.7 Å². The van der Waals surface area contributed by atoms with Crippen molar-refractivity contribution in [3.8, 4) is 0 Å². The summed E-state index contributed by atoms with van der Waals surface area (Å²) in [6.45, 7) is 5.62. The zero-order chi connectivity index (χ0) is 14.4. The van der Waals surface area contributed by atoms with E-state index in [0.29, 0.717) is 18.8 Å². The molecule has 0 aromatic heterocycles. The van der Waals surface area contributed by atoms with Gasteiger partial charge in [0.05, 0.1) is 6.61 Å². The van der Waals surface area contributed by atoms with Crippen LogP contribution in [0.2, 0.25) is 0 Å². The van der Waals surface area contributed by atoms with Gasteiger partial charge >= 0.3 is 5.97 Å². The molecule has 0 aromatic carbocycles. The molecule has 0 fully saturated rings. The van der Waals surface area contributed by atoms with Crippen molar-refractivity contribution in [3.63, 3.8) is 0 Å². The number of carbonyl (C=O) groups excluding carboxylic acids is 2. The van der Waals surface area contributed by atoms with Crippen molar-refractivity contribution in [3.05, 3.63) is 11.3 Å². The normalized spacial score (nSPS) is 17.4. The molecule has 0 radical (unpaired) electrons. The average molecular weight is 268 g/mol. The maximum atomic E-state index is 12.1. The van der Waals surface area contributed by atoms with Crippen LogP contribution in [0.3, 0.4) is 0 Å². The highest BCUT2D eigenvalue weighted by molar-refractivity contribution is 6.23. The van der Waals surface area contributed by atoms with Crippen LogP contribution >= 0.6 is 0 Å². The zero-order valence-corrected chi connectivity index (χ0v) is 11.9. The van der Waals surface area contributed by atoms with Gasteiger partial charge in [0.15, 0.2) is 0 Å². The average Bonchev–Trinajstić information content (AvgIpc) is 2.60. The van der Waals surface area contributed by atoms with Crippen molar-refractivity contribution >= 4 is 17.8 Å². The van der Waals surface area contributed by atoms with Crippen molar-refractivity contribution < 1.29 is 19.1 Å². The Kier molecular flexibility index (Phi) is 5.54. The Bertz CT molecular complexity index is 426. The summed E-state index contributed by atoms with van der Waals surface area (Å²) in [4.78, 5) is 23.1. The number of unbranched alkanes of at least 4 members (excludes halogenated alkanes) is 1. The quantitative estimate of drug-likeness (QED) is 0.433. The first-order valence-electron chi connectivity index (χ1n) is 6.42. The smallest absolute Gasteiger partial charge is 0.309 e. The minimum atomic E-state index is -0.509. The summed E-state index contributed by atoms with van der Waals surface area (Å²) in [7, 11) is 1.52. The number of likely N-dealkylation sites (N-methyl/N-ethyl adjacent to an activating group) is 1. The molecule has 6 nitrogen and oxygen atoms in total. The Labute approximate surface area is 113 Å². The molecule has 1 aliphatic rings. The topological polar surface area (TPSA) is 68.2 Å². The maximum absolute atomic E-state index is 12.1. The highest BCUT2D eigenvalue weighted by Crippen LogP contribution is 2.23. The fraction of sp³-hybridized carbons (Fsp3) is 0.615. The summed E-state index contributed by atoms with van der Waals surface area (Å²) in [6.07, 6.45) is 2.50. The van der Waals surface area contributed by atoms with Gasteiger partial charge in [0.1, 0.15) is 11.3 Å². The van der Waals surface area contributed by atoms with E-state index in [4.69, 9.17) is 9.47 Å². The number of rotatable bonds is 5. The molecule has 1 rings (SSSR count). The van der Waals surface area contributed by atoms with E-state index >= 15 is 0 Å². The number of ether oxygens (including phenoxy) is 2. The summed E-state index contributed by atoms with van der Waals surface area (Å²) in [5.74, 6) is -0.250. The second kappa shape index (κ2) is 6.92. The number of nitrogens with zero attached hydrogens (tertiary/aromatic N) is 2. The van der Waals surface area contributed by atoms with Gasteiger partial charge in [0.2, 0.25) is 0 Å². The van der Waals surface area contributed by atoms with Crippen molar-refractivity contribution in [1.29, 1.82) is 0 Å². The Morgan fingerprint density at radius 1 is 1.37 bits per heavy atom. The predicted molar refractivity (Wildman–Crippen MR) is 70.1 cm³/mol. The molecule has 0 N–H and O–H groups in total. The Morgan fingerprint density at radius 2 is 2.05 bits per heavy atom. The van der Waals surface area contributed by atoms with Crippen LogP contribution in [0.4, 0.5) is 0 Å². The molecule has 1 amide bonds. The molecule has 0 bridgehead atoms. The molecule has 0 aliphatic carbocycles. The van der Waals surface area contributed by atoms with Crippen LogP contribution in [0.15, 0.2) is 16.4 Å². The first kappa shape index (κ1) is 15.2. The van der Waals surface area contributed by atoms with E-state index in [1.807, 2.05) is 6.92 Å². The van der Waals surface area contributed by atoms with E-state index in [2.05, 4.69) is 12.0 Å². The van der Waals surface area contributed by atoms with Crippen LogP contribution in [-0.2, 0) is 19.1 Å². The van der Waals surface area contributed by atoms with Crippen LogP contribution in [0.1, 0.15) is 40.0 Å². The lowest BCUT2D eigenvalue weighted by Crippen LogP contribution is -2.20. The largest absolute Gasteiger partial charge is 0.497 e. The lowest BCUT2D eigenvalue weighted by molar-refractivity contribution is -0.133. The molecule has 0 spiro atoms. The van der Waals surface area contributed by atoms with E-state index in [1.54, 1.807) is 0 Å². The first-order valence-corrected chi connectivity index (χ1v) is 6.42. The molecule has 1 aliphatic heterocycles. The van der Waals surface area contributed by atoms with Crippen LogP contribution < -0.4 is 0 Å². The monoisotopic (exact) mass is 268 g/mol. The standard InChI is InChI=1S/C13H20N2O4/c1-5-7-8-10(18-6-2)11-12(19-9(3)16)14-15(4)13(11)17/h5-8H2,1-4H3. The number of allylic oxidation sites excluding steroid dienone is 1. The molecule has 0 atom stereocenters. The molecule has 0 saturated heterocycles. The van der Waals surface area contributed by atoms with Gasteiger partial charge in [-0.05, 0) is 13.3 Å². The number of hydrogen-bond acceptors (Lipinski definition) is 5. The van der Waals surface area contributed by atoms with Crippen LogP contribution in [0, 0.1) is 0 Å². The van der Waals surface area contributed by atoms with E-state index in [1.165, 1.54) is 14.0 Å². The minimum Gasteiger partial charge on any atom is -0.497 e. The molecule has 0 saturated carbocycles. The van der Waals surface area contributed by atoms with Crippen LogP contribution in [-0.4, -0.2) is 36.4 Å². The molecule has 0 unspecified atom stereocenters. The Balaban J connectivity index is 3.10. The fourth-order valence-corrected chi connectivity index (χ4v) is 1.71. The van der Waals surface area contributed by atoms with E-state index in [-0.39, 0.29) is 17.4 Å². The van der Waals surface area contributed by atoms with Gasteiger partial charge in [-0.1, -0.05) is 13.3 Å². The highest BCUT2D eigenvalue weighted by atomic mass is 16.5. The highest BCUT2D eigenvalue weighted by Gasteiger charge is 2.34. The Morgan fingerprint density at radius 3 is 2.58 bits per heavy atom. The third kappa shape index (κ3) is 3.81. The van der Waals surface area contributed by atoms with Crippen LogP contribution in [0.25, 0.3) is 0 Å². The SMILES string of the molecule is CCCCC(OCC)=C1C(=O)N(C)N=C1OC(C)=O. The molecule has 106 valence electrons. The molecule has 0 aromatic rings. The second-order valence-corrected chi connectivity index (χ2v) is 4.16. The van der Waals surface area contributed by atoms with Gasteiger partial charge in [-0.2, -0.15) is 0 Å². The Hall–Kier alpha value is -1.85. The van der Waals surface area contributed by atoms with Gasteiger partial charge in [0.25, 0.3) is 11.8 Å². The van der Waals surface area contributed by atoms with E-state index in [0.717, 1.165) is 17.9 Å². The summed E-state index contributed by atoms with van der Waals surface area (Å²) in [5.41, 5.74) is 0.257. The summed E-state index contributed by atoms with van der Waals surface area (Å²) in [6, 6.07) is 0. The second-order valence-electron chi connectivity index (χ2n) is 4.16. The van der Waals surface area contributed by atoms with Crippen LogP contribution in [0.5, 0.6) is 0 Å². The minimum absolute atomic E-state index is 0.0274. The number of hydrazone groups is 1. The zero-order valence-electron chi connectivity index (χ0n) is 11.9. The van der Waals surface area contributed by atoms with Crippen molar-refractivity contribution in [1.82, 2.24) is 5.01 Å². The number of esters is 1. The van der Waals surface area contributed by atoms with E-state index < -0.39 is 5.97 Å². The van der Waals surface area contributed by atoms with E-state index in [9.17, 15) is 9.59 Å². The summed E-state index contributed by atoms with van der Waals surface area (Å²) in [5, 5.41) is 5.07. The van der Waals surface area contributed by atoms with Gasteiger partial charge in [-0.25, -0.2) is 5.01 Å². The molecule has 1 heterocycles.